The maximum absolute atomic E-state index is 12.1. The van der Waals surface area contributed by atoms with E-state index < -0.39 is 0 Å². The van der Waals surface area contributed by atoms with Crippen molar-refractivity contribution in [2.24, 2.45) is 0 Å². The number of para-hydroxylation sites is 1. The standard InChI is InChI=1S/C17H19N5O3/c1-9-11-5-4-6-13(25-3)14(11)20-16(18-9)22-17-19-10(2)12(7-8-23)15(24)21-17/h4-6,23H,7-8H2,1-3H3,(H2,18,19,20,21,22,24). The smallest absolute Gasteiger partial charge is 0.255 e. The van der Waals surface area contributed by atoms with Crippen LogP contribution in [-0.2, 0) is 6.42 Å². The highest BCUT2D eigenvalue weighted by atomic mass is 16.5. The second kappa shape index (κ2) is 6.86. The summed E-state index contributed by atoms with van der Waals surface area (Å²) in [5.74, 6) is 1.20. The van der Waals surface area contributed by atoms with E-state index in [0.29, 0.717) is 28.5 Å². The molecule has 3 N–H and O–H groups in total. The lowest BCUT2D eigenvalue weighted by Gasteiger charge is -2.11. The normalized spacial score (nSPS) is 10.9. The third-order valence-electron chi connectivity index (χ3n) is 3.91. The molecule has 0 aliphatic rings. The van der Waals surface area contributed by atoms with Crippen LogP contribution in [0.5, 0.6) is 5.75 Å². The molecule has 0 aliphatic heterocycles. The monoisotopic (exact) mass is 341 g/mol. The topological polar surface area (TPSA) is 113 Å². The van der Waals surface area contributed by atoms with Crippen LogP contribution in [0.3, 0.4) is 0 Å². The van der Waals surface area contributed by atoms with Crippen molar-refractivity contribution in [2.45, 2.75) is 20.3 Å². The summed E-state index contributed by atoms with van der Waals surface area (Å²) in [7, 11) is 1.58. The van der Waals surface area contributed by atoms with E-state index >= 15 is 0 Å². The highest BCUT2D eigenvalue weighted by Crippen LogP contribution is 2.26. The fourth-order valence-electron chi connectivity index (χ4n) is 2.68. The Balaban J connectivity index is 2.02. The van der Waals surface area contributed by atoms with E-state index in [4.69, 9.17) is 9.84 Å². The Morgan fingerprint density at radius 3 is 2.68 bits per heavy atom. The van der Waals surface area contributed by atoms with Crippen molar-refractivity contribution in [2.75, 3.05) is 19.0 Å². The van der Waals surface area contributed by atoms with Crippen molar-refractivity contribution in [1.29, 1.82) is 0 Å². The minimum atomic E-state index is -0.292. The Morgan fingerprint density at radius 2 is 2.00 bits per heavy atom. The second-order valence-corrected chi connectivity index (χ2v) is 5.57. The average molecular weight is 341 g/mol. The van der Waals surface area contributed by atoms with Gasteiger partial charge in [0.15, 0.2) is 0 Å². The molecule has 0 amide bonds. The number of fused-ring (bicyclic) bond motifs is 1. The van der Waals surface area contributed by atoms with Crippen LogP contribution in [0.25, 0.3) is 10.9 Å². The molecule has 0 atom stereocenters. The number of aliphatic hydroxyl groups excluding tert-OH is 1. The molecule has 0 unspecified atom stereocenters. The molecule has 0 aliphatic carbocycles. The molecular formula is C17H19N5O3. The Labute approximate surface area is 143 Å². The van der Waals surface area contributed by atoms with Crippen molar-refractivity contribution in [3.63, 3.8) is 0 Å². The van der Waals surface area contributed by atoms with Crippen molar-refractivity contribution < 1.29 is 9.84 Å². The summed E-state index contributed by atoms with van der Waals surface area (Å²) in [6.07, 6.45) is 0.261. The van der Waals surface area contributed by atoms with Crippen molar-refractivity contribution in [3.8, 4) is 5.75 Å². The number of aromatic nitrogens is 4. The number of anilines is 2. The predicted molar refractivity (Wildman–Crippen MR) is 94.5 cm³/mol. The minimum Gasteiger partial charge on any atom is -0.494 e. The molecule has 3 rings (SSSR count). The number of aliphatic hydroxyl groups is 1. The number of hydrogen-bond acceptors (Lipinski definition) is 7. The van der Waals surface area contributed by atoms with Crippen LogP contribution in [-0.4, -0.2) is 38.8 Å². The van der Waals surface area contributed by atoms with Gasteiger partial charge in [-0.1, -0.05) is 12.1 Å². The zero-order chi connectivity index (χ0) is 18.0. The lowest BCUT2D eigenvalue weighted by molar-refractivity contribution is 0.298. The molecule has 2 aromatic heterocycles. The van der Waals surface area contributed by atoms with E-state index in [2.05, 4.69) is 25.3 Å². The first-order chi connectivity index (χ1) is 12.0. The molecule has 0 saturated heterocycles. The van der Waals surface area contributed by atoms with E-state index in [1.807, 2.05) is 25.1 Å². The summed E-state index contributed by atoms with van der Waals surface area (Å²) >= 11 is 0. The first kappa shape index (κ1) is 16.8. The van der Waals surface area contributed by atoms with Crippen molar-refractivity contribution >= 4 is 22.8 Å². The lowest BCUT2D eigenvalue weighted by Crippen LogP contribution is -2.19. The number of aryl methyl sites for hydroxylation is 2. The fourth-order valence-corrected chi connectivity index (χ4v) is 2.68. The first-order valence-electron chi connectivity index (χ1n) is 7.82. The Bertz CT molecular complexity index is 984. The summed E-state index contributed by atoms with van der Waals surface area (Å²) in [6, 6.07) is 5.63. The summed E-state index contributed by atoms with van der Waals surface area (Å²) in [5.41, 5.74) is 2.18. The number of rotatable bonds is 5. The highest BCUT2D eigenvalue weighted by molar-refractivity contribution is 5.87. The average Bonchev–Trinajstić information content (AvgIpc) is 2.58. The van der Waals surface area contributed by atoms with Gasteiger partial charge in [0.1, 0.15) is 11.3 Å². The van der Waals surface area contributed by atoms with E-state index in [0.717, 1.165) is 11.1 Å². The van der Waals surface area contributed by atoms with Gasteiger partial charge >= 0.3 is 0 Å². The number of methoxy groups -OCH3 is 1. The number of hydrogen-bond donors (Lipinski definition) is 3. The first-order valence-corrected chi connectivity index (χ1v) is 7.82. The van der Waals surface area contributed by atoms with E-state index in [1.54, 1.807) is 14.0 Å². The molecule has 1 aromatic carbocycles. The number of aromatic amines is 1. The van der Waals surface area contributed by atoms with Crippen LogP contribution in [0, 0.1) is 13.8 Å². The molecule has 2 heterocycles. The molecular weight excluding hydrogens is 322 g/mol. The SMILES string of the molecule is COc1cccc2c(C)nc(Nc3nc(C)c(CCO)c(=O)[nH]3)nc12. The third-order valence-corrected chi connectivity index (χ3v) is 3.91. The van der Waals surface area contributed by atoms with Crippen LogP contribution in [0.4, 0.5) is 11.9 Å². The molecule has 0 radical (unpaired) electrons. The van der Waals surface area contributed by atoms with Gasteiger partial charge < -0.3 is 9.84 Å². The maximum atomic E-state index is 12.1. The lowest BCUT2D eigenvalue weighted by atomic mass is 10.2. The van der Waals surface area contributed by atoms with Gasteiger partial charge in [0, 0.05) is 24.0 Å². The Kier molecular flexibility index (Phi) is 4.62. The molecule has 0 spiro atoms. The quantitative estimate of drug-likeness (QED) is 0.646. The Morgan fingerprint density at radius 1 is 1.20 bits per heavy atom. The van der Waals surface area contributed by atoms with Gasteiger partial charge in [0.25, 0.3) is 5.56 Å². The molecule has 25 heavy (non-hydrogen) atoms. The van der Waals surface area contributed by atoms with Gasteiger partial charge in [-0.2, -0.15) is 0 Å². The maximum Gasteiger partial charge on any atom is 0.255 e. The van der Waals surface area contributed by atoms with Gasteiger partial charge in [-0.25, -0.2) is 15.0 Å². The number of nitrogens with one attached hydrogen (secondary N) is 2. The number of benzene rings is 1. The summed E-state index contributed by atoms with van der Waals surface area (Å²) in [6.45, 7) is 3.49. The number of ether oxygens (including phenoxy) is 1. The van der Waals surface area contributed by atoms with Gasteiger partial charge in [-0.3, -0.25) is 15.1 Å². The number of nitrogens with zero attached hydrogens (tertiary/aromatic N) is 3. The molecule has 0 saturated carbocycles. The van der Waals surface area contributed by atoms with E-state index in [1.165, 1.54) is 0 Å². The summed E-state index contributed by atoms with van der Waals surface area (Å²) in [5, 5.41) is 12.8. The number of H-pyrrole nitrogens is 1. The van der Waals surface area contributed by atoms with Crippen LogP contribution in [0.2, 0.25) is 0 Å². The molecule has 3 aromatic rings. The third kappa shape index (κ3) is 3.29. The largest absolute Gasteiger partial charge is 0.494 e. The van der Waals surface area contributed by atoms with Crippen molar-refractivity contribution in [1.82, 2.24) is 19.9 Å². The molecule has 0 bridgehead atoms. The predicted octanol–water partition coefficient (Wildman–Crippen LogP) is 1.62. The summed E-state index contributed by atoms with van der Waals surface area (Å²) < 4.78 is 5.35. The zero-order valence-corrected chi connectivity index (χ0v) is 14.3. The summed E-state index contributed by atoms with van der Waals surface area (Å²) in [4.78, 5) is 28.0. The van der Waals surface area contributed by atoms with Gasteiger partial charge in [0.05, 0.1) is 18.5 Å². The highest BCUT2D eigenvalue weighted by Gasteiger charge is 2.12. The Hall–Kier alpha value is -3.00. The van der Waals surface area contributed by atoms with Gasteiger partial charge in [-0.15, -0.1) is 0 Å². The van der Waals surface area contributed by atoms with Gasteiger partial charge in [-0.05, 0) is 19.9 Å². The van der Waals surface area contributed by atoms with Crippen molar-refractivity contribution in [3.05, 3.63) is 45.5 Å². The van der Waals surface area contributed by atoms with Crippen LogP contribution in [0.1, 0.15) is 17.0 Å². The van der Waals surface area contributed by atoms with E-state index in [9.17, 15) is 4.79 Å². The fraction of sp³-hybridized carbons (Fsp3) is 0.294. The minimum absolute atomic E-state index is 0.106. The molecule has 8 nitrogen and oxygen atoms in total. The van der Waals surface area contributed by atoms with E-state index in [-0.39, 0.29) is 24.5 Å². The molecule has 130 valence electrons. The molecule has 0 fully saturated rings. The van der Waals surface area contributed by atoms with Crippen LogP contribution < -0.4 is 15.6 Å². The van der Waals surface area contributed by atoms with Crippen LogP contribution in [0.15, 0.2) is 23.0 Å². The van der Waals surface area contributed by atoms with Crippen LogP contribution >= 0.6 is 0 Å². The molecule has 8 heteroatoms. The zero-order valence-electron chi connectivity index (χ0n) is 14.3. The van der Waals surface area contributed by atoms with Gasteiger partial charge in [0.2, 0.25) is 11.9 Å². The second-order valence-electron chi connectivity index (χ2n) is 5.57.